The SMILES string of the molecule is O=[N+]([O-])c1cc(S(=O)(=O)N2CCCC2)ccc1N1CCCC1c1nc2ccccc2s1. The highest BCUT2D eigenvalue weighted by atomic mass is 32.2. The number of hydrogen-bond donors (Lipinski definition) is 0. The zero-order valence-corrected chi connectivity index (χ0v) is 18.4. The van der Waals surface area contributed by atoms with E-state index in [9.17, 15) is 18.5 Å². The molecule has 5 rings (SSSR count). The Morgan fingerprint density at radius 3 is 2.58 bits per heavy atom. The highest BCUT2D eigenvalue weighted by Crippen LogP contribution is 2.43. The minimum Gasteiger partial charge on any atom is -0.357 e. The molecule has 2 aliphatic heterocycles. The molecule has 0 N–H and O–H groups in total. The predicted molar refractivity (Wildman–Crippen MR) is 120 cm³/mol. The lowest BCUT2D eigenvalue weighted by Gasteiger charge is -2.25. The Morgan fingerprint density at radius 2 is 1.84 bits per heavy atom. The first-order valence-electron chi connectivity index (χ1n) is 10.4. The lowest BCUT2D eigenvalue weighted by atomic mass is 10.2. The lowest BCUT2D eigenvalue weighted by molar-refractivity contribution is -0.384. The van der Waals surface area contributed by atoms with E-state index in [1.807, 2.05) is 29.2 Å². The van der Waals surface area contributed by atoms with Crippen LogP contribution in [0.3, 0.4) is 0 Å². The van der Waals surface area contributed by atoms with E-state index in [0.29, 0.717) is 25.3 Å². The first-order chi connectivity index (χ1) is 14.9. The summed E-state index contributed by atoms with van der Waals surface area (Å²) in [6.07, 6.45) is 3.38. The first kappa shape index (κ1) is 20.3. The van der Waals surface area contributed by atoms with Crippen molar-refractivity contribution >= 4 is 43.0 Å². The van der Waals surface area contributed by atoms with Gasteiger partial charge >= 0.3 is 0 Å². The van der Waals surface area contributed by atoms with Gasteiger partial charge in [0.05, 0.1) is 26.1 Å². The van der Waals surface area contributed by atoms with Crippen LogP contribution in [-0.4, -0.2) is 42.3 Å². The van der Waals surface area contributed by atoms with Gasteiger partial charge in [0.1, 0.15) is 10.7 Å². The number of nitrogens with zero attached hydrogens (tertiary/aromatic N) is 4. The number of para-hydroxylation sites is 1. The van der Waals surface area contributed by atoms with Crippen molar-refractivity contribution in [2.75, 3.05) is 24.5 Å². The van der Waals surface area contributed by atoms with Crippen LogP contribution in [0.1, 0.15) is 36.7 Å². The monoisotopic (exact) mass is 458 g/mol. The molecule has 1 aromatic heterocycles. The fraction of sp³-hybridized carbons (Fsp3) is 0.381. The van der Waals surface area contributed by atoms with Crippen LogP contribution in [0.2, 0.25) is 0 Å². The van der Waals surface area contributed by atoms with Crippen LogP contribution in [0.15, 0.2) is 47.4 Å². The van der Waals surface area contributed by atoms with E-state index in [1.165, 1.54) is 16.4 Å². The van der Waals surface area contributed by atoms with Crippen molar-refractivity contribution < 1.29 is 13.3 Å². The number of aromatic nitrogens is 1. The summed E-state index contributed by atoms with van der Waals surface area (Å²) >= 11 is 1.61. The highest BCUT2D eigenvalue weighted by molar-refractivity contribution is 7.89. The van der Waals surface area contributed by atoms with Gasteiger partial charge in [-0.2, -0.15) is 4.31 Å². The van der Waals surface area contributed by atoms with Crippen molar-refractivity contribution in [3.8, 4) is 0 Å². The van der Waals surface area contributed by atoms with Crippen molar-refractivity contribution in [3.63, 3.8) is 0 Å². The van der Waals surface area contributed by atoms with E-state index in [2.05, 4.69) is 0 Å². The summed E-state index contributed by atoms with van der Waals surface area (Å²) in [6.45, 7) is 1.59. The zero-order valence-electron chi connectivity index (χ0n) is 16.8. The van der Waals surface area contributed by atoms with E-state index in [0.717, 1.165) is 40.9 Å². The van der Waals surface area contributed by atoms with Gasteiger partial charge in [-0.25, -0.2) is 13.4 Å². The topological polar surface area (TPSA) is 96.6 Å². The Morgan fingerprint density at radius 1 is 1.06 bits per heavy atom. The van der Waals surface area contributed by atoms with Crippen molar-refractivity contribution in [1.82, 2.24) is 9.29 Å². The second-order valence-corrected chi connectivity index (χ2v) is 10.9. The molecule has 2 aliphatic rings. The molecule has 0 bridgehead atoms. The van der Waals surface area contributed by atoms with E-state index in [-0.39, 0.29) is 16.6 Å². The molecule has 0 amide bonds. The number of thiazole rings is 1. The van der Waals surface area contributed by atoms with E-state index >= 15 is 0 Å². The molecule has 0 spiro atoms. The van der Waals surface area contributed by atoms with Crippen LogP contribution in [0.5, 0.6) is 0 Å². The number of fused-ring (bicyclic) bond motifs is 1. The summed E-state index contributed by atoms with van der Waals surface area (Å²) in [4.78, 5) is 18.2. The summed E-state index contributed by atoms with van der Waals surface area (Å²) in [5.74, 6) is 0. The van der Waals surface area contributed by atoms with Gasteiger partial charge in [0.15, 0.2) is 0 Å². The van der Waals surface area contributed by atoms with Gasteiger partial charge in [0.2, 0.25) is 10.0 Å². The number of sulfonamides is 1. The van der Waals surface area contributed by atoms with E-state index < -0.39 is 14.9 Å². The number of anilines is 1. The molecule has 1 unspecified atom stereocenters. The molecule has 162 valence electrons. The largest absolute Gasteiger partial charge is 0.357 e. The molecule has 0 radical (unpaired) electrons. The molecule has 2 fully saturated rings. The first-order valence-corrected chi connectivity index (χ1v) is 12.6. The zero-order chi connectivity index (χ0) is 21.6. The van der Waals surface area contributed by atoms with Crippen LogP contribution in [0.4, 0.5) is 11.4 Å². The van der Waals surface area contributed by atoms with Crippen LogP contribution in [0.25, 0.3) is 10.2 Å². The smallest absolute Gasteiger partial charge is 0.293 e. The van der Waals surface area contributed by atoms with Crippen LogP contribution in [0, 0.1) is 10.1 Å². The van der Waals surface area contributed by atoms with Crippen molar-refractivity contribution in [2.45, 2.75) is 36.6 Å². The molecule has 0 saturated carbocycles. The second kappa shape index (κ2) is 7.85. The Kier molecular flexibility index (Phi) is 5.15. The molecule has 3 heterocycles. The van der Waals surface area contributed by atoms with Crippen molar-refractivity contribution in [1.29, 1.82) is 0 Å². The maximum absolute atomic E-state index is 12.9. The van der Waals surface area contributed by atoms with Crippen LogP contribution >= 0.6 is 11.3 Å². The maximum Gasteiger partial charge on any atom is 0.293 e. The van der Waals surface area contributed by atoms with Crippen molar-refractivity contribution in [2.24, 2.45) is 0 Å². The van der Waals surface area contributed by atoms with Gasteiger partial charge < -0.3 is 4.90 Å². The van der Waals surface area contributed by atoms with Gasteiger partial charge in [-0.15, -0.1) is 11.3 Å². The molecular weight excluding hydrogens is 436 g/mol. The molecule has 8 nitrogen and oxygen atoms in total. The minimum absolute atomic E-state index is 0.0133. The summed E-state index contributed by atoms with van der Waals surface area (Å²) in [5.41, 5.74) is 1.20. The molecule has 2 aromatic carbocycles. The average Bonchev–Trinajstić information content (AvgIpc) is 3.53. The Balaban J connectivity index is 1.53. The molecule has 0 aliphatic carbocycles. The third-order valence-electron chi connectivity index (χ3n) is 6.00. The summed E-state index contributed by atoms with van der Waals surface area (Å²) in [5, 5.41) is 12.9. The van der Waals surface area contributed by atoms with Gasteiger partial charge in [0, 0.05) is 25.7 Å². The Bertz CT molecular complexity index is 1220. The van der Waals surface area contributed by atoms with Crippen molar-refractivity contribution in [3.05, 3.63) is 57.6 Å². The molecular formula is C21H22N4O4S2. The number of benzene rings is 2. The number of nitro groups is 1. The average molecular weight is 459 g/mol. The fourth-order valence-electron chi connectivity index (χ4n) is 4.47. The van der Waals surface area contributed by atoms with Gasteiger partial charge in [-0.1, -0.05) is 12.1 Å². The normalized spacial score (nSPS) is 20.0. The number of hydrogen-bond acceptors (Lipinski definition) is 7. The lowest BCUT2D eigenvalue weighted by Crippen LogP contribution is -2.28. The van der Waals surface area contributed by atoms with Gasteiger partial charge in [-0.05, 0) is 49.9 Å². The summed E-state index contributed by atoms with van der Waals surface area (Å²) in [6, 6.07) is 12.2. The highest BCUT2D eigenvalue weighted by Gasteiger charge is 2.35. The Labute approximate surface area is 184 Å². The quantitative estimate of drug-likeness (QED) is 0.417. The van der Waals surface area contributed by atoms with Crippen LogP contribution in [-0.2, 0) is 10.0 Å². The molecule has 2 saturated heterocycles. The van der Waals surface area contributed by atoms with E-state index in [1.54, 1.807) is 17.4 Å². The summed E-state index contributed by atoms with van der Waals surface area (Å²) < 4.78 is 28.3. The second-order valence-electron chi connectivity index (χ2n) is 7.89. The standard InChI is InChI=1S/C21H22N4O4S2/c26-25(27)19-14-15(31(28,29)23-11-3-4-12-23)9-10-17(19)24-13-5-7-18(24)21-22-16-6-1-2-8-20(16)30-21/h1-2,6,8-10,14,18H,3-5,7,11-13H2. The molecule has 10 heteroatoms. The molecule has 1 atom stereocenters. The third-order valence-corrected chi connectivity index (χ3v) is 9.04. The predicted octanol–water partition coefficient (Wildman–Crippen LogP) is 4.33. The molecule has 3 aromatic rings. The number of nitro benzene ring substituents is 1. The van der Waals surface area contributed by atoms with Crippen LogP contribution < -0.4 is 4.90 Å². The number of rotatable bonds is 5. The summed E-state index contributed by atoms with van der Waals surface area (Å²) in [7, 11) is -3.72. The third kappa shape index (κ3) is 3.58. The van der Waals surface area contributed by atoms with E-state index in [4.69, 9.17) is 4.98 Å². The van der Waals surface area contributed by atoms with Gasteiger partial charge in [0.25, 0.3) is 5.69 Å². The maximum atomic E-state index is 12.9. The Hall–Kier alpha value is -2.56. The molecule has 31 heavy (non-hydrogen) atoms. The fourth-order valence-corrected chi connectivity index (χ4v) is 7.13. The minimum atomic E-state index is -3.72. The van der Waals surface area contributed by atoms with Gasteiger partial charge in [-0.3, -0.25) is 10.1 Å².